The summed E-state index contributed by atoms with van der Waals surface area (Å²) in [4.78, 5) is 13.3. The molecule has 0 aliphatic heterocycles. The van der Waals surface area contributed by atoms with E-state index in [2.05, 4.69) is 60.9 Å². The normalized spacial score (nSPS) is 11.5. The molecule has 5 heteroatoms. The van der Waals surface area contributed by atoms with Crippen molar-refractivity contribution in [1.29, 1.82) is 0 Å². The molecule has 2 heterocycles. The Morgan fingerprint density at radius 1 is 0.711 bits per heavy atom. The van der Waals surface area contributed by atoms with Crippen molar-refractivity contribution < 1.29 is 14.3 Å². The Bertz CT molecular complexity index is 1840. The standard InChI is InChI=1S/C33H30N2O3/c1-6-34-29-16-7-20(2)17-26(29)27-18-31-28(19-30(27)34)32(22-8-12-24(37-4)13-9-22)33(35(31)21(3)36)23-10-14-25(38-5)15-11-23/h7-19H,6H2,1-5H3. The van der Waals surface area contributed by atoms with Crippen LogP contribution in [0.25, 0.3) is 55.1 Å². The highest BCUT2D eigenvalue weighted by Gasteiger charge is 2.24. The lowest BCUT2D eigenvalue weighted by molar-refractivity contribution is 0.0943. The minimum atomic E-state index is -0.0321. The van der Waals surface area contributed by atoms with Gasteiger partial charge < -0.3 is 14.0 Å². The predicted octanol–water partition coefficient (Wildman–Crippen LogP) is 8.09. The third-order valence-electron chi connectivity index (χ3n) is 7.48. The maximum absolute atomic E-state index is 13.3. The monoisotopic (exact) mass is 502 g/mol. The number of carbonyl (C=O) groups is 1. The van der Waals surface area contributed by atoms with Crippen molar-refractivity contribution in [3.8, 4) is 33.9 Å². The molecule has 0 saturated carbocycles. The highest BCUT2D eigenvalue weighted by molar-refractivity contribution is 6.18. The van der Waals surface area contributed by atoms with Gasteiger partial charge in [0.05, 0.1) is 25.4 Å². The maximum Gasteiger partial charge on any atom is 0.228 e. The minimum absolute atomic E-state index is 0.0321. The number of carbonyl (C=O) groups excluding carboxylic acids is 1. The van der Waals surface area contributed by atoms with E-state index in [1.807, 2.05) is 41.0 Å². The van der Waals surface area contributed by atoms with Gasteiger partial charge in [-0.15, -0.1) is 0 Å². The van der Waals surface area contributed by atoms with E-state index in [-0.39, 0.29) is 5.91 Å². The lowest BCUT2D eigenvalue weighted by Crippen LogP contribution is -2.07. The molecule has 0 radical (unpaired) electrons. The molecule has 2 aromatic heterocycles. The van der Waals surface area contributed by atoms with Gasteiger partial charge in [0.1, 0.15) is 11.5 Å². The molecule has 0 amide bonds. The summed E-state index contributed by atoms with van der Waals surface area (Å²) in [6.45, 7) is 6.78. The molecule has 4 aromatic carbocycles. The smallest absolute Gasteiger partial charge is 0.228 e. The highest BCUT2D eigenvalue weighted by atomic mass is 16.5. The van der Waals surface area contributed by atoms with Gasteiger partial charge >= 0.3 is 0 Å². The van der Waals surface area contributed by atoms with Crippen molar-refractivity contribution in [3.63, 3.8) is 0 Å². The molecular weight excluding hydrogens is 472 g/mol. The Balaban J connectivity index is 1.79. The number of methoxy groups -OCH3 is 2. The predicted molar refractivity (Wildman–Crippen MR) is 156 cm³/mol. The molecule has 0 fully saturated rings. The van der Waals surface area contributed by atoms with Crippen molar-refractivity contribution in [2.75, 3.05) is 14.2 Å². The molecule has 0 atom stereocenters. The van der Waals surface area contributed by atoms with Crippen molar-refractivity contribution in [3.05, 3.63) is 84.4 Å². The number of aromatic nitrogens is 2. The number of aryl methyl sites for hydroxylation is 2. The van der Waals surface area contributed by atoms with Crippen LogP contribution in [0.5, 0.6) is 11.5 Å². The van der Waals surface area contributed by atoms with Crippen LogP contribution >= 0.6 is 0 Å². The van der Waals surface area contributed by atoms with Crippen molar-refractivity contribution >= 4 is 38.6 Å². The first kappa shape index (κ1) is 23.9. The summed E-state index contributed by atoms with van der Waals surface area (Å²) in [6, 6.07) is 27.0. The Morgan fingerprint density at radius 3 is 1.87 bits per heavy atom. The molecule has 0 aliphatic carbocycles. The van der Waals surface area contributed by atoms with Gasteiger partial charge in [0.2, 0.25) is 5.91 Å². The van der Waals surface area contributed by atoms with Crippen molar-refractivity contribution in [1.82, 2.24) is 9.13 Å². The van der Waals surface area contributed by atoms with E-state index < -0.39 is 0 Å². The summed E-state index contributed by atoms with van der Waals surface area (Å²) in [5, 5.41) is 3.40. The first-order chi connectivity index (χ1) is 18.4. The third-order valence-corrected chi connectivity index (χ3v) is 7.48. The van der Waals surface area contributed by atoms with Gasteiger partial charge in [0.25, 0.3) is 0 Å². The fraction of sp³-hybridized carbons (Fsp3) is 0.182. The van der Waals surface area contributed by atoms with Crippen LogP contribution in [0.3, 0.4) is 0 Å². The molecule has 5 nitrogen and oxygen atoms in total. The number of benzene rings is 4. The zero-order chi connectivity index (χ0) is 26.6. The quantitative estimate of drug-likeness (QED) is 0.239. The van der Waals surface area contributed by atoms with Gasteiger partial charge in [-0.25, -0.2) is 0 Å². The first-order valence-corrected chi connectivity index (χ1v) is 12.9. The number of hydrogen-bond donors (Lipinski definition) is 0. The molecular formula is C33H30N2O3. The second-order valence-electron chi connectivity index (χ2n) is 9.69. The van der Waals surface area contributed by atoms with E-state index in [0.717, 1.165) is 62.2 Å². The largest absolute Gasteiger partial charge is 0.497 e. The van der Waals surface area contributed by atoms with Crippen LogP contribution in [0.4, 0.5) is 0 Å². The van der Waals surface area contributed by atoms with E-state index in [1.54, 1.807) is 21.1 Å². The fourth-order valence-electron chi connectivity index (χ4n) is 5.73. The number of hydrogen-bond acceptors (Lipinski definition) is 3. The second-order valence-corrected chi connectivity index (χ2v) is 9.69. The Morgan fingerprint density at radius 2 is 1.29 bits per heavy atom. The lowest BCUT2D eigenvalue weighted by atomic mass is 9.97. The van der Waals surface area contributed by atoms with Crippen LogP contribution in [-0.2, 0) is 6.54 Å². The summed E-state index contributed by atoms with van der Waals surface area (Å²) in [7, 11) is 3.33. The van der Waals surface area contributed by atoms with Crippen molar-refractivity contribution in [2.45, 2.75) is 27.3 Å². The average molecular weight is 503 g/mol. The SMILES string of the molecule is CCn1c2ccc(C)cc2c2cc3c(cc21)c(-c1ccc(OC)cc1)c(-c1ccc(OC)cc1)n3C(C)=O. The molecule has 0 bridgehead atoms. The summed E-state index contributed by atoms with van der Waals surface area (Å²) in [5.74, 6) is 1.53. The van der Waals surface area contributed by atoms with Gasteiger partial charge in [0, 0.05) is 46.2 Å². The Kier molecular flexibility index (Phi) is 5.72. The van der Waals surface area contributed by atoms with E-state index in [4.69, 9.17) is 9.47 Å². The van der Waals surface area contributed by atoms with E-state index in [0.29, 0.717) is 0 Å². The zero-order valence-corrected chi connectivity index (χ0v) is 22.3. The average Bonchev–Trinajstić information content (AvgIpc) is 3.43. The summed E-state index contributed by atoms with van der Waals surface area (Å²) in [6.07, 6.45) is 0. The fourth-order valence-corrected chi connectivity index (χ4v) is 5.73. The molecule has 0 saturated heterocycles. The molecule has 6 aromatic rings. The van der Waals surface area contributed by atoms with Crippen LogP contribution in [0.15, 0.2) is 78.9 Å². The zero-order valence-electron chi connectivity index (χ0n) is 22.3. The molecule has 190 valence electrons. The Hall–Kier alpha value is -4.51. The maximum atomic E-state index is 13.3. The van der Waals surface area contributed by atoms with Gasteiger partial charge in [-0.2, -0.15) is 0 Å². The molecule has 0 unspecified atom stereocenters. The van der Waals surface area contributed by atoms with E-state index in [1.165, 1.54) is 16.5 Å². The van der Waals surface area contributed by atoms with E-state index >= 15 is 0 Å². The van der Waals surface area contributed by atoms with Crippen LogP contribution in [-0.4, -0.2) is 29.3 Å². The Labute approximate surface area is 221 Å². The third kappa shape index (κ3) is 3.58. The molecule has 0 aliphatic rings. The van der Waals surface area contributed by atoms with Gasteiger partial charge in [0.15, 0.2) is 0 Å². The number of nitrogens with zero attached hydrogens (tertiary/aromatic N) is 2. The summed E-state index contributed by atoms with van der Waals surface area (Å²) in [5.41, 5.74) is 8.35. The van der Waals surface area contributed by atoms with E-state index in [9.17, 15) is 4.79 Å². The number of rotatable bonds is 5. The van der Waals surface area contributed by atoms with Gasteiger partial charge in [-0.05, 0) is 85.6 Å². The minimum Gasteiger partial charge on any atom is -0.497 e. The topological polar surface area (TPSA) is 45.4 Å². The molecule has 6 rings (SSSR count). The van der Waals surface area contributed by atoms with Crippen LogP contribution in [0.1, 0.15) is 24.2 Å². The van der Waals surface area contributed by atoms with Crippen LogP contribution in [0, 0.1) is 6.92 Å². The highest BCUT2D eigenvalue weighted by Crippen LogP contribution is 2.44. The number of fused-ring (bicyclic) bond motifs is 4. The second kappa shape index (κ2) is 9.10. The van der Waals surface area contributed by atoms with Crippen LogP contribution < -0.4 is 9.47 Å². The molecule has 38 heavy (non-hydrogen) atoms. The molecule has 0 N–H and O–H groups in total. The number of ether oxygens (including phenoxy) is 2. The van der Waals surface area contributed by atoms with Gasteiger partial charge in [-0.1, -0.05) is 23.8 Å². The first-order valence-electron chi connectivity index (χ1n) is 12.9. The summed E-state index contributed by atoms with van der Waals surface area (Å²) < 4.78 is 15.1. The molecule has 0 spiro atoms. The van der Waals surface area contributed by atoms with Crippen molar-refractivity contribution in [2.24, 2.45) is 0 Å². The summed E-state index contributed by atoms with van der Waals surface area (Å²) >= 11 is 0. The lowest BCUT2D eigenvalue weighted by Gasteiger charge is -2.11. The van der Waals surface area contributed by atoms with Gasteiger partial charge in [-0.3, -0.25) is 9.36 Å². The van der Waals surface area contributed by atoms with Crippen LogP contribution in [0.2, 0.25) is 0 Å².